The van der Waals surface area contributed by atoms with Gasteiger partial charge in [0.2, 0.25) is 5.91 Å². The van der Waals surface area contributed by atoms with Crippen LogP contribution >= 0.6 is 22.7 Å². The number of amides is 2. The molecule has 0 radical (unpaired) electrons. The Balaban J connectivity index is 1.24. The predicted octanol–water partition coefficient (Wildman–Crippen LogP) is 3.85. The highest BCUT2D eigenvalue weighted by Crippen LogP contribution is 2.60. The summed E-state index contributed by atoms with van der Waals surface area (Å²) in [4.78, 5) is 29.6. The first-order valence-electron chi connectivity index (χ1n) is 9.20. The van der Waals surface area contributed by atoms with Gasteiger partial charge in [0, 0.05) is 16.3 Å². The predicted molar refractivity (Wildman–Crippen MR) is 102 cm³/mol. The van der Waals surface area contributed by atoms with Crippen LogP contribution in [0.3, 0.4) is 0 Å². The minimum atomic E-state index is -0.346. The van der Waals surface area contributed by atoms with Gasteiger partial charge in [-0.25, -0.2) is 4.98 Å². The zero-order valence-corrected chi connectivity index (χ0v) is 16.0. The second-order valence-corrected chi connectivity index (χ2v) is 9.79. The van der Waals surface area contributed by atoms with E-state index in [4.69, 9.17) is 0 Å². The molecule has 2 aromatic heterocycles. The first kappa shape index (κ1) is 16.4. The van der Waals surface area contributed by atoms with Crippen LogP contribution in [-0.2, 0) is 4.79 Å². The minimum absolute atomic E-state index is 0.00163. The van der Waals surface area contributed by atoms with E-state index >= 15 is 0 Å². The highest BCUT2D eigenvalue weighted by atomic mass is 32.1. The summed E-state index contributed by atoms with van der Waals surface area (Å²) in [6.45, 7) is 0. The van der Waals surface area contributed by atoms with E-state index in [2.05, 4.69) is 15.8 Å². The number of carbonyl (C=O) groups is 2. The third-order valence-corrected chi connectivity index (χ3v) is 7.89. The Morgan fingerprint density at radius 3 is 2.35 bits per heavy atom. The Labute approximate surface area is 160 Å². The summed E-state index contributed by atoms with van der Waals surface area (Å²) >= 11 is 3.04. The third kappa shape index (κ3) is 2.77. The van der Waals surface area contributed by atoms with Gasteiger partial charge in [-0.3, -0.25) is 20.4 Å². The summed E-state index contributed by atoms with van der Waals surface area (Å²) in [6.07, 6.45) is 6.84. The zero-order chi connectivity index (χ0) is 17.7. The minimum Gasteiger partial charge on any atom is -0.273 e. The summed E-state index contributed by atoms with van der Waals surface area (Å²) in [6, 6.07) is 1.99. The molecular weight excluding hydrogens is 366 g/mol. The van der Waals surface area contributed by atoms with Crippen molar-refractivity contribution in [2.75, 3.05) is 0 Å². The molecule has 2 amide bonds. The largest absolute Gasteiger partial charge is 0.289 e. The molecule has 2 heterocycles. The van der Waals surface area contributed by atoms with E-state index in [0.717, 1.165) is 29.8 Å². The van der Waals surface area contributed by atoms with E-state index in [9.17, 15) is 9.59 Å². The first-order chi connectivity index (χ1) is 12.6. The summed E-state index contributed by atoms with van der Waals surface area (Å²) in [5.41, 5.74) is 6.42. The third-order valence-electron chi connectivity index (χ3n) is 6.31. The molecule has 5 nitrogen and oxygen atoms in total. The van der Waals surface area contributed by atoms with Crippen LogP contribution in [0.15, 0.2) is 22.2 Å². The molecular formula is C19H21N3O2S2. The molecule has 0 aromatic carbocycles. The maximum Gasteiger partial charge on any atom is 0.289 e. The number of hydrazine groups is 1. The summed E-state index contributed by atoms with van der Waals surface area (Å²) in [7, 11) is 0. The highest BCUT2D eigenvalue weighted by Gasteiger charge is 2.54. The molecule has 6 rings (SSSR count). The number of hydrogen-bond donors (Lipinski definition) is 2. The van der Waals surface area contributed by atoms with Crippen LogP contribution in [0.1, 0.15) is 49.0 Å². The fourth-order valence-electron chi connectivity index (χ4n) is 5.60. The molecule has 4 saturated carbocycles. The molecule has 0 spiro atoms. The molecule has 0 atom stereocenters. The topological polar surface area (TPSA) is 71.1 Å². The van der Waals surface area contributed by atoms with Crippen molar-refractivity contribution >= 4 is 34.5 Å². The maximum absolute atomic E-state index is 12.9. The molecule has 0 unspecified atom stereocenters. The molecule has 7 heteroatoms. The Morgan fingerprint density at radius 2 is 1.73 bits per heavy atom. The quantitative estimate of drug-likeness (QED) is 0.786. The molecule has 4 bridgehead atoms. The molecule has 4 aliphatic carbocycles. The number of carbonyl (C=O) groups excluding carboxylic acids is 2. The molecule has 4 aliphatic rings. The highest BCUT2D eigenvalue weighted by molar-refractivity contribution is 7.14. The Kier molecular flexibility index (Phi) is 3.90. The monoisotopic (exact) mass is 387 g/mol. The summed E-state index contributed by atoms with van der Waals surface area (Å²) < 4.78 is 0. The molecule has 2 aromatic rings. The van der Waals surface area contributed by atoms with Gasteiger partial charge in [0.05, 0.1) is 5.41 Å². The summed E-state index contributed by atoms with van der Waals surface area (Å²) in [5, 5.41) is 6.56. The lowest BCUT2D eigenvalue weighted by Crippen LogP contribution is -2.56. The Hall–Kier alpha value is -1.73. The standard InChI is InChI=1S/C19H21N3O2S2/c23-16(15-10-26-17(20-15)14-1-2-25-9-14)21-22-18(24)19-6-11-3-12(7-19)5-13(4-11)8-19/h1-2,9-13H,3-8H2,(H,21,23)(H,22,24). The van der Waals surface area contributed by atoms with Crippen molar-refractivity contribution in [1.29, 1.82) is 0 Å². The number of nitrogens with zero attached hydrogens (tertiary/aromatic N) is 1. The van der Waals surface area contributed by atoms with Gasteiger partial charge in [0.1, 0.15) is 10.7 Å². The van der Waals surface area contributed by atoms with Gasteiger partial charge in [0.15, 0.2) is 0 Å². The summed E-state index contributed by atoms with van der Waals surface area (Å²) in [5.74, 6) is 1.76. The zero-order valence-electron chi connectivity index (χ0n) is 14.4. The van der Waals surface area contributed by atoms with Crippen molar-refractivity contribution in [3.8, 4) is 10.6 Å². The molecule has 0 saturated heterocycles. The van der Waals surface area contributed by atoms with Crippen molar-refractivity contribution in [3.63, 3.8) is 0 Å². The number of nitrogens with one attached hydrogen (secondary N) is 2. The van der Waals surface area contributed by atoms with Crippen LogP contribution in [0.25, 0.3) is 10.6 Å². The van der Waals surface area contributed by atoms with Gasteiger partial charge in [-0.15, -0.1) is 11.3 Å². The number of hydrogen-bond acceptors (Lipinski definition) is 5. The van der Waals surface area contributed by atoms with Gasteiger partial charge in [-0.1, -0.05) is 0 Å². The smallest absolute Gasteiger partial charge is 0.273 e. The van der Waals surface area contributed by atoms with Gasteiger partial charge in [0.25, 0.3) is 5.91 Å². The van der Waals surface area contributed by atoms with Gasteiger partial charge in [-0.05, 0) is 67.7 Å². The normalized spacial score (nSPS) is 31.8. The van der Waals surface area contributed by atoms with Crippen molar-refractivity contribution in [1.82, 2.24) is 15.8 Å². The number of thiophene rings is 1. The number of aromatic nitrogens is 1. The van der Waals surface area contributed by atoms with E-state index < -0.39 is 0 Å². The first-order valence-corrected chi connectivity index (χ1v) is 11.0. The Morgan fingerprint density at radius 1 is 1.04 bits per heavy atom. The SMILES string of the molecule is O=C(NNC(=O)C12CC3CC(CC(C3)C1)C2)c1csc(-c2ccsc2)n1. The van der Waals surface area contributed by atoms with E-state index in [1.54, 1.807) is 16.7 Å². The second-order valence-electron chi connectivity index (χ2n) is 8.16. The number of rotatable bonds is 3. The lowest BCUT2D eigenvalue weighted by atomic mass is 9.49. The molecule has 4 fully saturated rings. The Bertz CT molecular complexity index is 808. The van der Waals surface area contributed by atoms with Crippen LogP contribution in [0.5, 0.6) is 0 Å². The van der Waals surface area contributed by atoms with Crippen molar-refractivity contribution in [3.05, 3.63) is 27.9 Å². The van der Waals surface area contributed by atoms with Crippen LogP contribution in [-0.4, -0.2) is 16.8 Å². The fourth-order valence-corrected chi connectivity index (χ4v) is 7.11. The molecule has 2 N–H and O–H groups in total. The van der Waals surface area contributed by atoms with Crippen LogP contribution in [0.4, 0.5) is 0 Å². The van der Waals surface area contributed by atoms with Crippen molar-refractivity contribution in [2.24, 2.45) is 23.2 Å². The second kappa shape index (κ2) is 6.16. The van der Waals surface area contributed by atoms with Crippen molar-refractivity contribution in [2.45, 2.75) is 38.5 Å². The average molecular weight is 388 g/mol. The van der Waals surface area contributed by atoms with Crippen molar-refractivity contribution < 1.29 is 9.59 Å². The van der Waals surface area contributed by atoms with E-state index in [-0.39, 0.29) is 17.2 Å². The van der Waals surface area contributed by atoms with Crippen LogP contribution in [0, 0.1) is 23.2 Å². The average Bonchev–Trinajstić information content (AvgIpc) is 3.29. The molecule has 0 aliphatic heterocycles. The van der Waals surface area contributed by atoms with E-state index in [1.165, 1.54) is 30.6 Å². The molecule has 26 heavy (non-hydrogen) atoms. The lowest BCUT2D eigenvalue weighted by Gasteiger charge is -2.55. The van der Waals surface area contributed by atoms with Crippen LogP contribution in [0.2, 0.25) is 0 Å². The van der Waals surface area contributed by atoms with Gasteiger partial charge >= 0.3 is 0 Å². The maximum atomic E-state index is 12.9. The van der Waals surface area contributed by atoms with E-state index in [1.807, 2.05) is 16.8 Å². The van der Waals surface area contributed by atoms with Gasteiger partial charge < -0.3 is 0 Å². The molecule has 136 valence electrons. The number of thiazole rings is 1. The lowest BCUT2D eigenvalue weighted by molar-refractivity contribution is -0.147. The van der Waals surface area contributed by atoms with Gasteiger partial charge in [-0.2, -0.15) is 11.3 Å². The fraction of sp³-hybridized carbons (Fsp3) is 0.526. The van der Waals surface area contributed by atoms with Crippen LogP contribution < -0.4 is 10.9 Å². The van der Waals surface area contributed by atoms with E-state index in [0.29, 0.717) is 23.4 Å².